The first kappa shape index (κ1) is 21.2. The zero-order valence-electron chi connectivity index (χ0n) is 14.9. The molecule has 0 aliphatic carbocycles. The van der Waals surface area contributed by atoms with E-state index < -0.39 is 12.7 Å². The number of guanidine groups is 1. The van der Waals surface area contributed by atoms with Crippen molar-refractivity contribution in [3.8, 4) is 0 Å². The highest BCUT2D eigenvalue weighted by Crippen LogP contribution is 2.15. The number of hydrogen-bond acceptors (Lipinski definition) is 2. The smallest absolute Gasteiger partial charge is 0.357 e. The van der Waals surface area contributed by atoms with Crippen molar-refractivity contribution >= 4 is 5.96 Å². The summed E-state index contributed by atoms with van der Waals surface area (Å²) in [5, 5.41) is 6.13. The second-order valence-electron chi connectivity index (χ2n) is 5.91. The number of rotatable bonds is 8. The molecule has 0 radical (unpaired) electrons. The molecule has 142 valence electrons. The lowest BCUT2D eigenvalue weighted by Crippen LogP contribution is -2.39. The van der Waals surface area contributed by atoms with Gasteiger partial charge in [-0.2, -0.15) is 13.2 Å². The van der Waals surface area contributed by atoms with Crippen LogP contribution in [0.4, 0.5) is 17.6 Å². The van der Waals surface area contributed by atoms with Crippen LogP contribution >= 0.6 is 0 Å². The molecule has 0 saturated heterocycles. The fraction of sp³-hybridized carbons (Fsp3) is 0.588. The number of nitrogens with zero attached hydrogens (tertiary/aromatic N) is 2. The second kappa shape index (κ2) is 10.2. The largest absolute Gasteiger partial charge is 0.401 e. The average Bonchev–Trinajstić information content (AvgIpc) is 2.50. The van der Waals surface area contributed by atoms with Crippen LogP contribution in [0.2, 0.25) is 0 Å². The van der Waals surface area contributed by atoms with Crippen molar-refractivity contribution in [1.29, 1.82) is 0 Å². The first-order chi connectivity index (χ1) is 11.7. The number of benzene rings is 1. The SMILES string of the molecule is CCNC(=NCc1ccc(C)c(F)c1)NCCCN(C)CC(F)(F)F. The number of halogens is 4. The summed E-state index contributed by atoms with van der Waals surface area (Å²) in [5.41, 5.74) is 1.34. The number of aryl methyl sites for hydroxylation is 1. The maximum absolute atomic E-state index is 13.5. The Balaban J connectivity index is 2.44. The molecule has 1 aromatic carbocycles. The molecule has 1 rings (SSSR count). The van der Waals surface area contributed by atoms with Gasteiger partial charge in [-0.25, -0.2) is 9.38 Å². The Hall–Kier alpha value is -1.83. The molecule has 0 amide bonds. The lowest BCUT2D eigenvalue weighted by atomic mass is 10.1. The molecule has 0 heterocycles. The molecule has 0 aromatic heterocycles. The van der Waals surface area contributed by atoms with Gasteiger partial charge in [-0.3, -0.25) is 4.90 Å². The Kier molecular flexibility index (Phi) is 8.68. The molecule has 0 aliphatic rings. The van der Waals surface area contributed by atoms with Crippen LogP contribution in [-0.2, 0) is 6.54 Å². The lowest BCUT2D eigenvalue weighted by Gasteiger charge is -2.18. The number of hydrogen-bond donors (Lipinski definition) is 2. The van der Waals surface area contributed by atoms with Gasteiger partial charge < -0.3 is 10.6 Å². The Bertz CT molecular complexity index is 558. The van der Waals surface area contributed by atoms with Gasteiger partial charge in [0.05, 0.1) is 13.1 Å². The summed E-state index contributed by atoms with van der Waals surface area (Å²) >= 11 is 0. The number of alkyl halides is 3. The Labute approximate surface area is 146 Å². The summed E-state index contributed by atoms with van der Waals surface area (Å²) in [6.07, 6.45) is -3.63. The fourth-order valence-electron chi connectivity index (χ4n) is 2.19. The Morgan fingerprint density at radius 3 is 2.56 bits per heavy atom. The summed E-state index contributed by atoms with van der Waals surface area (Å²) in [4.78, 5) is 5.60. The average molecular weight is 362 g/mol. The van der Waals surface area contributed by atoms with Crippen molar-refractivity contribution in [2.24, 2.45) is 4.99 Å². The van der Waals surface area contributed by atoms with E-state index >= 15 is 0 Å². The van der Waals surface area contributed by atoms with Crippen LogP contribution < -0.4 is 10.6 Å². The van der Waals surface area contributed by atoms with Gasteiger partial charge in [0, 0.05) is 13.1 Å². The molecular formula is C17H26F4N4. The van der Waals surface area contributed by atoms with Crippen LogP contribution in [0.1, 0.15) is 24.5 Å². The van der Waals surface area contributed by atoms with Crippen molar-refractivity contribution in [3.63, 3.8) is 0 Å². The van der Waals surface area contributed by atoms with Gasteiger partial charge in [0.25, 0.3) is 0 Å². The predicted molar refractivity (Wildman–Crippen MR) is 92.1 cm³/mol. The molecule has 0 bridgehead atoms. The van der Waals surface area contributed by atoms with E-state index in [0.717, 1.165) is 5.56 Å². The molecule has 25 heavy (non-hydrogen) atoms. The zero-order valence-corrected chi connectivity index (χ0v) is 14.9. The molecule has 2 N–H and O–H groups in total. The van der Waals surface area contributed by atoms with Gasteiger partial charge in [0.2, 0.25) is 0 Å². The van der Waals surface area contributed by atoms with Crippen LogP contribution in [0.15, 0.2) is 23.2 Å². The molecular weight excluding hydrogens is 336 g/mol. The topological polar surface area (TPSA) is 39.7 Å². The van der Waals surface area contributed by atoms with Crippen molar-refractivity contribution in [2.75, 3.05) is 33.2 Å². The molecule has 8 heteroatoms. The summed E-state index contributed by atoms with van der Waals surface area (Å²) in [7, 11) is 1.44. The molecule has 0 spiro atoms. The third-order valence-corrected chi connectivity index (χ3v) is 3.46. The van der Waals surface area contributed by atoms with Crippen LogP contribution in [0.5, 0.6) is 0 Å². The van der Waals surface area contributed by atoms with E-state index in [-0.39, 0.29) is 5.82 Å². The Morgan fingerprint density at radius 1 is 1.24 bits per heavy atom. The summed E-state index contributed by atoms with van der Waals surface area (Å²) in [5.74, 6) is 0.292. The third-order valence-electron chi connectivity index (χ3n) is 3.46. The maximum Gasteiger partial charge on any atom is 0.401 e. The normalized spacial score (nSPS) is 12.6. The van der Waals surface area contributed by atoms with Crippen molar-refractivity contribution in [3.05, 3.63) is 35.1 Å². The summed E-state index contributed by atoms with van der Waals surface area (Å²) in [6, 6.07) is 4.98. The summed E-state index contributed by atoms with van der Waals surface area (Å²) < 4.78 is 50.3. The van der Waals surface area contributed by atoms with E-state index in [1.807, 2.05) is 13.0 Å². The first-order valence-electron chi connectivity index (χ1n) is 8.23. The number of nitrogens with one attached hydrogen (secondary N) is 2. The van der Waals surface area contributed by atoms with Crippen molar-refractivity contribution in [2.45, 2.75) is 33.0 Å². The first-order valence-corrected chi connectivity index (χ1v) is 8.23. The second-order valence-corrected chi connectivity index (χ2v) is 5.91. The molecule has 0 fully saturated rings. The highest BCUT2D eigenvalue weighted by molar-refractivity contribution is 5.79. The van der Waals surface area contributed by atoms with E-state index in [0.29, 0.717) is 44.1 Å². The minimum atomic E-state index is -4.18. The van der Waals surface area contributed by atoms with E-state index in [9.17, 15) is 17.6 Å². The molecule has 0 saturated carbocycles. The minimum Gasteiger partial charge on any atom is -0.357 e. The number of aliphatic imine (C=N–C) groups is 1. The quantitative estimate of drug-likeness (QED) is 0.323. The highest BCUT2D eigenvalue weighted by atomic mass is 19.4. The standard InChI is InChI=1S/C17H26F4N4/c1-4-22-16(23-8-5-9-25(3)12-17(19,20)21)24-11-14-7-6-13(2)15(18)10-14/h6-7,10H,4-5,8-9,11-12H2,1-3H3,(H2,22,23,24). The molecule has 0 unspecified atom stereocenters. The summed E-state index contributed by atoms with van der Waals surface area (Å²) in [6.45, 7) is 4.50. The van der Waals surface area contributed by atoms with Crippen molar-refractivity contribution in [1.82, 2.24) is 15.5 Å². The van der Waals surface area contributed by atoms with Crippen LogP contribution in [0.3, 0.4) is 0 Å². The molecule has 0 atom stereocenters. The fourth-order valence-corrected chi connectivity index (χ4v) is 2.19. The molecule has 4 nitrogen and oxygen atoms in total. The third kappa shape index (κ3) is 9.28. The van der Waals surface area contributed by atoms with Gasteiger partial charge in [0.15, 0.2) is 5.96 Å². The molecule has 1 aromatic rings. The van der Waals surface area contributed by atoms with Crippen molar-refractivity contribution < 1.29 is 17.6 Å². The zero-order chi connectivity index (χ0) is 18.9. The van der Waals surface area contributed by atoms with E-state index in [2.05, 4.69) is 15.6 Å². The van der Waals surface area contributed by atoms with Crippen LogP contribution in [-0.4, -0.2) is 50.3 Å². The maximum atomic E-state index is 13.5. The predicted octanol–water partition coefficient (Wildman–Crippen LogP) is 3.07. The van der Waals surface area contributed by atoms with Crippen LogP contribution in [0.25, 0.3) is 0 Å². The minimum absolute atomic E-state index is 0.265. The van der Waals surface area contributed by atoms with Gasteiger partial charge in [-0.05, 0) is 51.1 Å². The lowest BCUT2D eigenvalue weighted by molar-refractivity contribution is -0.143. The van der Waals surface area contributed by atoms with Gasteiger partial charge >= 0.3 is 6.18 Å². The Morgan fingerprint density at radius 2 is 1.96 bits per heavy atom. The van der Waals surface area contributed by atoms with E-state index in [1.54, 1.807) is 13.0 Å². The van der Waals surface area contributed by atoms with Gasteiger partial charge in [-0.15, -0.1) is 0 Å². The van der Waals surface area contributed by atoms with Gasteiger partial charge in [0.1, 0.15) is 5.82 Å². The molecule has 0 aliphatic heterocycles. The monoisotopic (exact) mass is 362 g/mol. The van der Waals surface area contributed by atoms with Gasteiger partial charge in [-0.1, -0.05) is 12.1 Å². The van der Waals surface area contributed by atoms with Crippen LogP contribution in [0, 0.1) is 12.7 Å². The van der Waals surface area contributed by atoms with E-state index in [4.69, 9.17) is 0 Å². The highest BCUT2D eigenvalue weighted by Gasteiger charge is 2.28. The van der Waals surface area contributed by atoms with E-state index in [1.165, 1.54) is 18.0 Å².